The number of benzene rings is 1. The number of anilines is 1. The van der Waals surface area contributed by atoms with Gasteiger partial charge in [-0.25, -0.2) is 0 Å². The van der Waals surface area contributed by atoms with Crippen molar-refractivity contribution in [3.63, 3.8) is 0 Å². The Morgan fingerprint density at radius 3 is 2.74 bits per heavy atom. The molecule has 2 rings (SSSR count). The second-order valence-electron chi connectivity index (χ2n) is 3.86. The van der Waals surface area contributed by atoms with Crippen molar-refractivity contribution >= 4 is 23.2 Å². The lowest BCUT2D eigenvalue weighted by Gasteiger charge is -2.07. The molecule has 0 atom stereocenters. The van der Waals surface area contributed by atoms with Crippen LogP contribution >= 0.6 is 11.6 Å². The third-order valence-electron chi connectivity index (χ3n) is 2.36. The van der Waals surface area contributed by atoms with Crippen LogP contribution in [0.3, 0.4) is 0 Å². The Kier molecular flexibility index (Phi) is 4.41. The van der Waals surface area contributed by atoms with Crippen LogP contribution in [0.5, 0.6) is 5.75 Å². The fourth-order valence-corrected chi connectivity index (χ4v) is 1.73. The van der Waals surface area contributed by atoms with E-state index in [2.05, 4.69) is 10.4 Å². The van der Waals surface area contributed by atoms with E-state index in [1.165, 1.54) is 10.9 Å². The number of nitrogens with one attached hydrogen (secondary N) is 1. The van der Waals surface area contributed by atoms with Crippen LogP contribution in [0.4, 0.5) is 5.69 Å². The van der Waals surface area contributed by atoms with Crippen molar-refractivity contribution < 1.29 is 9.53 Å². The molecule has 0 radical (unpaired) electrons. The van der Waals surface area contributed by atoms with Crippen LogP contribution in [0, 0.1) is 0 Å². The number of aromatic nitrogens is 2. The van der Waals surface area contributed by atoms with Crippen LogP contribution in [-0.2, 0) is 11.3 Å². The molecule has 6 heteroatoms. The van der Waals surface area contributed by atoms with E-state index < -0.39 is 0 Å². The minimum Gasteiger partial charge on any atom is -0.494 e. The van der Waals surface area contributed by atoms with Crippen LogP contribution in [-0.4, -0.2) is 22.3 Å². The molecule has 0 bridgehead atoms. The predicted molar refractivity (Wildman–Crippen MR) is 73.5 cm³/mol. The van der Waals surface area contributed by atoms with Gasteiger partial charge in [-0.15, -0.1) is 0 Å². The Bertz CT molecular complexity index is 551. The molecule has 0 saturated heterocycles. The minimum absolute atomic E-state index is 0.125. The molecule has 0 aliphatic carbocycles. The number of carbonyl (C=O) groups excluding carboxylic acids is 1. The Hall–Kier alpha value is -2.01. The maximum atomic E-state index is 11.8. The van der Waals surface area contributed by atoms with Gasteiger partial charge in [0.25, 0.3) is 0 Å². The van der Waals surface area contributed by atoms with Crippen molar-refractivity contribution in [2.24, 2.45) is 0 Å². The van der Waals surface area contributed by atoms with Crippen LogP contribution in [0.1, 0.15) is 6.92 Å². The average molecular weight is 280 g/mol. The average Bonchev–Trinajstić information content (AvgIpc) is 2.77. The molecule has 19 heavy (non-hydrogen) atoms. The number of nitrogens with zero attached hydrogens (tertiary/aromatic N) is 2. The number of halogens is 1. The molecule has 100 valence electrons. The van der Waals surface area contributed by atoms with Gasteiger partial charge in [0.1, 0.15) is 12.3 Å². The van der Waals surface area contributed by atoms with Gasteiger partial charge in [0, 0.05) is 11.9 Å². The van der Waals surface area contributed by atoms with Gasteiger partial charge in [-0.2, -0.15) is 5.10 Å². The maximum Gasteiger partial charge on any atom is 0.246 e. The van der Waals surface area contributed by atoms with Gasteiger partial charge in [-0.3, -0.25) is 9.48 Å². The number of carbonyl (C=O) groups is 1. The molecule has 1 heterocycles. The van der Waals surface area contributed by atoms with E-state index in [4.69, 9.17) is 16.3 Å². The highest BCUT2D eigenvalue weighted by molar-refractivity contribution is 6.30. The number of rotatable bonds is 5. The molecular weight excluding hydrogens is 266 g/mol. The van der Waals surface area contributed by atoms with E-state index in [0.29, 0.717) is 17.3 Å². The fourth-order valence-electron chi connectivity index (χ4n) is 1.57. The van der Waals surface area contributed by atoms with E-state index in [-0.39, 0.29) is 12.5 Å². The number of hydrogen-bond donors (Lipinski definition) is 1. The van der Waals surface area contributed by atoms with Gasteiger partial charge in [0.15, 0.2) is 0 Å². The molecule has 1 N–H and O–H groups in total. The summed E-state index contributed by atoms with van der Waals surface area (Å²) in [4.78, 5) is 11.8. The fraction of sp³-hybridized carbons (Fsp3) is 0.231. The van der Waals surface area contributed by atoms with Crippen LogP contribution in [0.15, 0.2) is 36.7 Å². The van der Waals surface area contributed by atoms with Crippen molar-refractivity contribution in [2.45, 2.75) is 13.5 Å². The first-order valence-corrected chi connectivity index (χ1v) is 6.26. The zero-order valence-electron chi connectivity index (χ0n) is 10.5. The van der Waals surface area contributed by atoms with E-state index in [0.717, 1.165) is 5.75 Å². The van der Waals surface area contributed by atoms with Crippen molar-refractivity contribution in [2.75, 3.05) is 11.9 Å². The lowest BCUT2D eigenvalue weighted by Crippen LogP contribution is -2.18. The smallest absolute Gasteiger partial charge is 0.246 e. The second-order valence-corrected chi connectivity index (χ2v) is 4.30. The number of ether oxygens (including phenoxy) is 1. The SMILES string of the molecule is CCOc1ccc(NC(=O)Cn2cc(Cl)cn2)cc1. The van der Waals surface area contributed by atoms with E-state index in [1.807, 2.05) is 19.1 Å². The number of amides is 1. The Labute approximate surface area is 116 Å². The van der Waals surface area contributed by atoms with E-state index in [1.54, 1.807) is 18.3 Å². The summed E-state index contributed by atoms with van der Waals surface area (Å²) < 4.78 is 6.80. The van der Waals surface area contributed by atoms with Crippen molar-refractivity contribution in [3.05, 3.63) is 41.7 Å². The highest BCUT2D eigenvalue weighted by Gasteiger charge is 2.05. The molecule has 0 fully saturated rings. The lowest BCUT2D eigenvalue weighted by molar-refractivity contribution is -0.116. The first kappa shape index (κ1) is 13.4. The summed E-state index contributed by atoms with van der Waals surface area (Å²) in [6.45, 7) is 2.66. The summed E-state index contributed by atoms with van der Waals surface area (Å²) in [6.07, 6.45) is 3.09. The molecule has 0 aliphatic heterocycles. The van der Waals surface area contributed by atoms with Gasteiger partial charge in [-0.05, 0) is 31.2 Å². The maximum absolute atomic E-state index is 11.8. The summed E-state index contributed by atoms with van der Waals surface area (Å²) in [5.74, 6) is 0.614. The first-order chi connectivity index (χ1) is 9.17. The predicted octanol–water partition coefficient (Wildman–Crippen LogP) is 2.57. The molecule has 5 nitrogen and oxygen atoms in total. The zero-order chi connectivity index (χ0) is 13.7. The van der Waals surface area contributed by atoms with E-state index >= 15 is 0 Å². The second kappa shape index (κ2) is 6.24. The molecule has 1 aromatic carbocycles. The summed E-state index contributed by atoms with van der Waals surface area (Å²) >= 11 is 5.72. The molecule has 0 saturated carbocycles. The molecule has 2 aromatic rings. The van der Waals surface area contributed by atoms with Crippen LogP contribution < -0.4 is 10.1 Å². The normalized spacial score (nSPS) is 10.2. The largest absolute Gasteiger partial charge is 0.494 e. The van der Waals surface area contributed by atoms with Crippen LogP contribution in [0.2, 0.25) is 5.02 Å². The topological polar surface area (TPSA) is 56.1 Å². The quantitative estimate of drug-likeness (QED) is 0.915. The van der Waals surface area contributed by atoms with Crippen molar-refractivity contribution in [3.8, 4) is 5.75 Å². The standard InChI is InChI=1S/C13H14ClN3O2/c1-2-19-12-5-3-11(4-6-12)16-13(18)9-17-8-10(14)7-15-17/h3-8H,2,9H2,1H3,(H,16,18). The Morgan fingerprint density at radius 1 is 1.42 bits per heavy atom. The zero-order valence-corrected chi connectivity index (χ0v) is 11.2. The first-order valence-electron chi connectivity index (χ1n) is 5.88. The molecule has 0 spiro atoms. The van der Waals surface area contributed by atoms with Gasteiger partial charge >= 0.3 is 0 Å². The van der Waals surface area contributed by atoms with E-state index in [9.17, 15) is 4.79 Å². The summed E-state index contributed by atoms with van der Waals surface area (Å²) in [6, 6.07) is 7.20. The van der Waals surface area contributed by atoms with Crippen LogP contribution in [0.25, 0.3) is 0 Å². The Morgan fingerprint density at radius 2 is 2.16 bits per heavy atom. The summed E-state index contributed by atoms with van der Waals surface area (Å²) in [5, 5.41) is 7.22. The van der Waals surface area contributed by atoms with Crippen molar-refractivity contribution in [1.82, 2.24) is 9.78 Å². The van der Waals surface area contributed by atoms with Gasteiger partial charge in [0.2, 0.25) is 5.91 Å². The molecule has 0 aliphatic rings. The monoisotopic (exact) mass is 279 g/mol. The summed E-state index contributed by atoms with van der Waals surface area (Å²) in [5.41, 5.74) is 0.715. The van der Waals surface area contributed by atoms with Gasteiger partial charge < -0.3 is 10.1 Å². The Balaban J connectivity index is 1.91. The van der Waals surface area contributed by atoms with Gasteiger partial charge in [-0.1, -0.05) is 11.6 Å². The molecule has 1 amide bonds. The highest BCUT2D eigenvalue weighted by atomic mass is 35.5. The van der Waals surface area contributed by atoms with Crippen molar-refractivity contribution in [1.29, 1.82) is 0 Å². The third kappa shape index (κ3) is 3.99. The molecule has 1 aromatic heterocycles. The summed E-state index contributed by atoms with van der Waals surface area (Å²) in [7, 11) is 0. The molecular formula is C13H14ClN3O2. The lowest BCUT2D eigenvalue weighted by atomic mass is 10.3. The minimum atomic E-state index is -0.163. The third-order valence-corrected chi connectivity index (χ3v) is 2.55. The molecule has 0 unspecified atom stereocenters. The highest BCUT2D eigenvalue weighted by Crippen LogP contribution is 2.15. The van der Waals surface area contributed by atoms with Gasteiger partial charge in [0.05, 0.1) is 17.8 Å². The number of hydrogen-bond acceptors (Lipinski definition) is 3.